The summed E-state index contributed by atoms with van der Waals surface area (Å²) >= 11 is 0. The molecule has 0 saturated carbocycles. The van der Waals surface area contributed by atoms with Gasteiger partial charge in [0.2, 0.25) is 0 Å². The van der Waals surface area contributed by atoms with E-state index in [9.17, 15) is 9.90 Å². The third-order valence-electron chi connectivity index (χ3n) is 4.55. The molecular weight excluding hydrogens is 288 g/mol. The Morgan fingerprint density at radius 1 is 1.17 bits per heavy atom. The molecule has 1 unspecified atom stereocenters. The van der Waals surface area contributed by atoms with Gasteiger partial charge in [0.05, 0.1) is 6.61 Å². The summed E-state index contributed by atoms with van der Waals surface area (Å²) in [5.74, 6) is 0.565. The highest BCUT2D eigenvalue weighted by atomic mass is 16.3. The first kappa shape index (κ1) is 15.7. The van der Waals surface area contributed by atoms with Crippen LogP contribution in [-0.4, -0.2) is 34.0 Å². The van der Waals surface area contributed by atoms with Crippen LogP contribution in [0.3, 0.4) is 0 Å². The van der Waals surface area contributed by atoms with Gasteiger partial charge in [0, 0.05) is 31.0 Å². The van der Waals surface area contributed by atoms with Crippen LogP contribution < -0.4 is 0 Å². The van der Waals surface area contributed by atoms with E-state index in [1.165, 1.54) is 5.56 Å². The molecule has 1 aromatic carbocycles. The van der Waals surface area contributed by atoms with Crippen LogP contribution in [-0.2, 0) is 6.61 Å². The molecule has 1 aliphatic rings. The maximum atomic E-state index is 12.7. The lowest BCUT2D eigenvalue weighted by atomic mass is 9.93. The van der Waals surface area contributed by atoms with Gasteiger partial charge in [-0.2, -0.15) is 0 Å². The van der Waals surface area contributed by atoms with Gasteiger partial charge < -0.3 is 10.0 Å². The van der Waals surface area contributed by atoms with Crippen LogP contribution in [0, 0.1) is 0 Å². The molecule has 1 aliphatic heterocycles. The SMILES string of the molecule is O=C(c1cccc(CO)c1)N1CCCC(c2ccncc2)CC1. The van der Waals surface area contributed by atoms with Gasteiger partial charge in [0.15, 0.2) is 0 Å². The standard InChI is InChI=1S/C19H22N2O2/c22-14-15-3-1-4-18(13-15)19(23)21-11-2-5-16(8-12-21)17-6-9-20-10-7-17/h1,3-4,6-7,9-10,13,16,22H,2,5,8,11-12,14H2. The number of likely N-dealkylation sites (tertiary alicyclic amines) is 1. The first-order valence-corrected chi connectivity index (χ1v) is 8.17. The largest absolute Gasteiger partial charge is 0.392 e. The third-order valence-corrected chi connectivity index (χ3v) is 4.55. The summed E-state index contributed by atoms with van der Waals surface area (Å²) in [6.07, 6.45) is 6.77. The number of carbonyl (C=O) groups is 1. The van der Waals surface area contributed by atoms with Crippen LogP contribution in [0.25, 0.3) is 0 Å². The van der Waals surface area contributed by atoms with Gasteiger partial charge in [0.25, 0.3) is 5.91 Å². The minimum atomic E-state index is -0.0365. The van der Waals surface area contributed by atoms with Gasteiger partial charge in [-0.1, -0.05) is 12.1 Å². The molecule has 4 nitrogen and oxygen atoms in total. The van der Waals surface area contributed by atoms with Crippen molar-refractivity contribution in [2.45, 2.75) is 31.8 Å². The van der Waals surface area contributed by atoms with Gasteiger partial charge in [0.1, 0.15) is 0 Å². The number of carbonyl (C=O) groups excluding carboxylic acids is 1. The van der Waals surface area contributed by atoms with Crippen LogP contribution in [0.1, 0.15) is 46.7 Å². The van der Waals surface area contributed by atoms with Crippen molar-refractivity contribution in [3.8, 4) is 0 Å². The summed E-state index contributed by atoms with van der Waals surface area (Å²) in [5, 5.41) is 9.23. The van der Waals surface area contributed by atoms with Crippen molar-refractivity contribution < 1.29 is 9.90 Å². The molecule has 1 N–H and O–H groups in total. The minimum absolute atomic E-state index is 0.0365. The Hall–Kier alpha value is -2.20. The normalized spacial score (nSPS) is 18.5. The van der Waals surface area contributed by atoms with E-state index in [1.54, 1.807) is 6.07 Å². The van der Waals surface area contributed by atoms with Crippen LogP contribution in [0.15, 0.2) is 48.8 Å². The fourth-order valence-corrected chi connectivity index (χ4v) is 3.25. The first-order chi connectivity index (χ1) is 11.3. The minimum Gasteiger partial charge on any atom is -0.392 e. The maximum Gasteiger partial charge on any atom is 0.253 e. The number of nitrogens with zero attached hydrogens (tertiary/aromatic N) is 2. The van der Waals surface area contributed by atoms with E-state index in [0.717, 1.165) is 37.9 Å². The van der Waals surface area contributed by atoms with Crippen LogP contribution in [0.2, 0.25) is 0 Å². The molecule has 1 amide bonds. The molecular formula is C19H22N2O2. The predicted molar refractivity (Wildman–Crippen MR) is 89.1 cm³/mol. The molecule has 4 heteroatoms. The quantitative estimate of drug-likeness (QED) is 0.948. The molecule has 120 valence electrons. The molecule has 3 rings (SSSR count). The van der Waals surface area contributed by atoms with Crippen LogP contribution >= 0.6 is 0 Å². The summed E-state index contributed by atoms with van der Waals surface area (Å²) in [6, 6.07) is 11.4. The summed E-state index contributed by atoms with van der Waals surface area (Å²) in [7, 11) is 0. The van der Waals surface area contributed by atoms with E-state index in [0.29, 0.717) is 11.5 Å². The maximum absolute atomic E-state index is 12.7. The molecule has 0 bridgehead atoms. The molecule has 1 aromatic heterocycles. The zero-order valence-corrected chi connectivity index (χ0v) is 13.2. The monoisotopic (exact) mass is 310 g/mol. The molecule has 1 atom stereocenters. The Balaban J connectivity index is 1.69. The number of hydrogen-bond donors (Lipinski definition) is 1. The number of aromatic nitrogens is 1. The molecule has 23 heavy (non-hydrogen) atoms. The lowest BCUT2D eigenvalue weighted by Crippen LogP contribution is -2.32. The van der Waals surface area contributed by atoms with Crippen molar-refractivity contribution in [3.05, 3.63) is 65.5 Å². The Bertz CT molecular complexity index is 657. The summed E-state index contributed by atoms with van der Waals surface area (Å²) in [5.41, 5.74) is 2.76. The zero-order valence-electron chi connectivity index (χ0n) is 13.2. The van der Waals surface area contributed by atoms with E-state index < -0.39 is 0 Å². The summed E-state index contributed by atoms with van der Waals surface area (Å²) in [6.45, 7) is 1.53. The number of benzene rings is 1. The molecule has 0 aliphatic carbocycles. The smallest absolute Gasteiger partial charge is 0.253 e. The zero-order chi connectivity index (χ0) is 16.1. The fraction of sp³-hybridized carbons (Fsp3) is 0.368. The summed E-state index contributed by atoms with van der Waals surface area (Å²) < 4.78 is 0. The number of hydrogen-bond acceptors (Lipinski definition) is 3. The highest BCUT2D eigenvalue weighted by Gasteiger charge is 2.22. The van der Waals surface area contributed by atoms with Gasteiger partial charge in [-0.05, 0) is 60.6 Å². The topological polar surface area (TPSA) is 53.4 Å². The Morgan fingerprint density at radius 2 is 2.00 bits per heavy atom. The second-order valence-corrected chi connectivity index (χ2v) is 6.06. The molecule has 1 saturated heterocycles. The number of aliphatic hydroxyl groups excluding tert-OH is 1. The van der Waals surface area contributed by atoms with E-state index in [-0.39, 0.29) is 12.5 Å². The lowest BCUT2D eigenvalue weighted by molar-refractivity contribution is 0.0761. The van der Waals surface area contributed by atoms with Crippen molar-refractivity contribution in [1.82, 2.24) is 9.88 Å². The number of amides is 1. The Labute approximate surface area is 136 Å². The number of rotatable bonds is 3. The predicted octanol–water partition coefficient (Wildman–Crippen LogP) is 2.98. The van der Waals surface area contributed by atoms with Gasteiger partial charge in [-0.15, -0.1) is 0 Å². The van der Waals surface area contributed by atoms with Crippen molar-refractivity contribution in [1.29, 1.82) is 0 Å². The van der Waals surface area contributed by atoms with Crippen LogP contribution in [0.4, 0.5) is 0 Å². The van der Waals surface area contributed by atoms with Crippen molar-refractivity contribution in [2.75, 3.05) is 13.1 Å². The van der Waals surface area contributed by atoms with Crippen molar-refractivity contribution in [3.63, 3.8) is 0 Å². The van der Waals surface area contributed by atoms with E-state index in [2.05, 4.69) is 17.1 Å². The fourth-order valence-electron chi connectivity index (χ4n) is 3.25. The summed E-state index contributed by atoms with van der Waals surface area (Å²) in [4.78, 5) is 18.7. The van der Waals surface area contributed by atoms with Crippen molar-refractivity contribution in [2.24, 2.45) is 0 Å². The average Bonchev–Trinajstić information content (AvgIpc) is 2.88. The highest BCUT2D eigenvalue weighted by molar-refractivity contribution is 5.94. The molecule has 1 fully saturated rings. The molecule has 0 spiro atoms. The third kappa shape index (κ3) is 3.77. The second-order valence-electron chi connectivity index (χ2n) is 6.06. The molecule has 2 aromatic rings. The van der Waals surface area contributed by atoms with E-state index >= 15 is 0 Å². The molecule has 0 radical (unpaired) electrons. The van der Waals surface area contributed by atoms with Crippen LogP contribution in [0.5, 0.6) is 0 Å². The van der Waals surface area contributed by atoms with Gasteiger partial charge in [-0.3, -0.25) is 9.78 Å². The van der Waals surface area contributed by atoms with E-state index in [4.69, 9.17) is 0 Å². The number of pyridine rings is 1. The van der Waals surface area contributed by atoms with Gasteiger partial charge >= 0.3 is 0 Å². The Morgan fingerprint density at radius 3 is 2.78 bits per heavy atom. The molecule has 2 heterocycles. The van der Waals surface area contributed by atoms with E-state index in [1.807, 2.05) is 35.5 Å². The van der Waals surface area contributed by atoms with Crippen molar-refractivity contribution >= 4 is 5.91 Å². The first-order valence-electron chi connectivity index (χ1n) is 8.17. The van der Waals surface area contributed by atoms with Gasteiger partial charge in [-0.25, -0.2) is 0 Å². The average molecular weight is 310 g/mol. The highest BCUT2D eigenvalue weighted by Crippen LogP contribution is 2.28. The Kier molecular flexibility index (Phi) is 5.03. The number of aliphatic hydroxyl groups is 1. The second kappa shape index (κ2) is 7.38. The lowest BCUT2D eigenvalue weighted by Gasteiger charge is -2.21.